The Bertz CT molecular complexity index is 1220. The fourth-order valence-electron chi connectivity index (χ4n) is 5.15. The van der Waals surface area contributed by atoms with Crippen LogP contribution in [0.15, 0.2) is 47.5 Å². The molecule has 0 aliphatic carbocycles. The summed E-state index contributed by atoms with van der Waals surface area (Å²) in [5.41, 5.74) is 0.449. The van der Waals surface area contributed by atoms with E-state index >= 15 is 0 Å². The summed E-state index contributed by atoms with van der Waals surface area (Å²) < 4.78 is 28.9. The molecule has 37 heavy (non-hydrogen) atoms. The number of sulfone groups is 1. The van der Waals surface area contributed by atoms with Gasteiger partial charge in [-0.2, -0.15) is 0 Å². The van der Waals surface area contributed by atoms with Crippen LogP contribution < -0.4 is 10.2 Å². The van der Waals surface area contributed by atoms with Gasteiger partial charge in [0.05, 0.1) is 23.6 Å². The number of likely N-dealkylation sites (tertiary alicyclic amines) is 1. The third kappa shape index (κ3) is 6.80. The van der Waals surface area contributed by atoms with Gasteiger partial charge in [0.25, 0.3) is 5.91 Å². The van der Waals surface area contributed by atoms with Gasteiger partial charge >= 0.3 is 0 Å². The van der Waals surface area contributed by atoms with Crippen LogP contribution >= 0.6 is 11.6 Å². The third-order valence-electron chi connectivity index (χ3n) is 7.13. The van der Waals surface area contributed by atoms with E-state index in [0.717, 1.165) is 25.6 Å². The minimum absolute atomic E-state index is 0.0639. The van der Waals surface area contributed by atoms with Crippen LogP contribution in [0.2, 0.25) is 5.02 Å². The molecule has 1 N–H and O–H groups in total. The van der Waals surface area contributed by atoms with E-state index in [9.17, 15) is 18.0 Å². The van der Waals surface area contributed by atoms with Crippen LogP contribution in [0, 0.1) is 5.92 Å². The van der Waals surface area contributed by atoms with E-state index in [0.29, 0.717) is 48.9 Å². The number of aromatic nitrogens is 1. The van der Waals surface area contributed by atoms with Crippen LogP contribution in [0.1, 0.15) is 36.0 Å². The Morgan fingerprint density at radius 3 is 2.68 bits per heavy atom. The number of nitrogens with zero attached hydrogens (tertiary/aromatic N) is 3. The number of pyridine rings is 1. The third-order valence-corrected chi connectivity index (χ3v) is 8.46. The Morgan fingerprint density at radius 2 is 2.00 bits per heavy atom. The van der Waals surface area contributed by atoms with Crippen molar-refractivity contribution < 1.29 is 22.7 Å². The molecule has 2 aromatic rings. The van der Waals surface area contributed by atoms with Crippen molar-refractivity contribution >= 4 is 39.1 Å². The van der Waals surface area contributed by atoms with Gasteiger partial charge in [0, 0.05) is 56.2 Å². The van der Waals surface area contributed by atoms with Gasteiger partial charge in [0.1, 0.15) is 5.82 Å². The van der Waals surface area contributed by atoms with Gasteiger partial charge in [0.2, 0.25) is 5.91 Å². The summed E-state index contributed by atoms with van der Waals surface area (Å²) in [6, 6.07) is 9.74. The molecule has 2 amide bonds. The molecule has 1 aromatic heterocycles. The summed E-state index contributed by atoms with van der Waals surface area (Å²) in [5.74, 6) is 0.381. The first-order valence-corrected chi connectivity index (χ1v) is 14.7. The number of halogens is 1. The summed E-state index contributed by atoms with van der Waals surface area (Å²) in [5, 5.41) is 3.59. The Kier molecular flexibility index (Phi) is 8.71. The molecule has 2 unspecified atom stereocenters. The predicted molar refractivity (Wildman–Crippen MR) is 142 cm³/mol. The van der Waals surface area contributed by atoms with E-state index < -0.39 is 9.84 Å². The first-order valence-electron chi connectivity index (χ1n) is 12.4. The zero-order valence-electron chi connectivity index (χ0n) is 21.1. The molecule has 3 atom stereocenters. The van der Waals surface area contributed by atoms with Crippen molar-refractivity contribution in [3.05, 3.63) is 53.2 Å². The quantitative estimate of drug-likeness (QED) is 0.540. The van der Waals surface area contributed by atoms with Gasteiger partial charge in [-0.3, -0.25) is 9.59 Å². The second-order valence-electron chi connectivity index (χ2n) is 9.75. The number of rotatable bonds is 8. The second-order valence-corrected chi connectivity index (χ2v) is 12.2. The molecule has 2 aliphatic rings. The summed E-state index contributed by atoms with van der Waals surface area (Å²) in [7, 11) is -1.70. The maximum absolute atomic E-state index is 13.3. The fourth-order valence-corrected chi connectivity index (χ4v) is 5.90. The lowest BCUT2D eigenvalue weighted by Gasteiger charge is -2.40. The molecule has 1 aromatic carbocycles. The van der Waals surface area contributed by atoms with Crippen LogP contribution in [-0.4, -0.2) is 81.8 Å². The zero-order valence-corrected chi connectivity index (χ0v) is 22.7. The highest BCUT2D eigenvalue weighted by Gasteiger charge is 2.36. The Labute approximate surface area is 223 Å². The number of anilines is 1. The molecule has 11 heteroatoms. The number of hydrogen-bond acceptors (Lipinski definition) is 7. The molecule has 0 spiro atoms. The van der Waals surface area contributed by atoms with Gasteiger partial charge in [0.15, 0.2) is 9.84 Å². The lowest BCUT2D eigenvalue weighted by molar-refractivity contribution is -0.134. The van der Waals surface area contributed by atoms with Crippen molar-refractivity contribution in [2.45, 2.75) is 42.7 Å². The number of carbonyl (C=O) groups excluding carboxylic acids is 2. The summed E-state index contributed by atoms with van der Waals surface area (Å²) in [6.07, 6.45) is 5.39. The highest BCUT2D eigenvalue weighted by atomic mass is 35.5. The lowest BCUT2D eigenvalue weighted by atomic mass is 9.87. The molecule has 4 rings (SSSR count). The fraction of sp³-hybridized carbons (Fsp3) is 0.500. The normalized spacial score (nSPS) is 22.2. The summed E-state index contributed by atoms with van der Waals surface area (Å²) in [4.78, 5) is 34.8. The van der Waals surface area contributed by atoms with Gasteiger partial charge in [-0.05, 0) is 55.5 Å². The van der Waals surface area contributed by atoms with Crippen LogP contribution in [0.4, 0.5) is 5.82 Å². The highest BCUT2D eigenvalue weighted by Crippen LogP contribution is 2.28. The molecule has 2 fully saturated rings. The average molecular weight is 549 g/mol. The standard InChI is InChI=1S/C26H33ClN4O5S/c1-36-17-21-7-4-11-31(21)25(32)14-18-10-12-30(24-9-8-22(15-28-24)37(2,34)35)16-23(18)29-26(33)19-5-3-6-20(27)13-19/h3,5-6,8-9,13,15,18,21,23H,4,7,10-12,14,16-17H2,1-2H3,(H,29,33)/t18?,21-,23?/m1/s1. The molecule has 2 saturated heterocycles. The minimum Gasteiger partial charge on any atom is -0.383 e. The van der Waals surface area contributed by atoms with E-state index in [-0.39, 0.29) is 34.7 Å². The summed E-state index contributed by atoms with van der Waals surface area (Å²) in [6.45, 7) is 2.32. The van der Waals surface area contributed by atoms with E-state index in [1.165, 1.54) is 12.3 Å². The van der Waals surface area contributed by atoms with Crippen molar-refractivity contribution in [1.29, 1.82) is 0 Å². The van der Waals surface area contributed by atoms with Gasteiger partial charge in [-0.1, -0.05) is 17.7 Å². The van der Waals surface area contributed by atoms with Gasteiger partial charge < -0.3 is 19.9 Å². The van der Waals surface area contributed by atoms with E-state index in [1.54, 1.807) is 37.4 Å². The average Bonchev–Trinajstić information content (AvgIpc) is 3.33. The van der Waals surface area contributed by atoms with Gasteiger partial charge in [-0.25, -0.2) is 13.4 Å². The number of carbonyl (C=O) groups is 2. The number of benzene rings is 1. The minimum atomic E-state index is -3.35. The van der Waals surface area contributed by atoms with Crippen molar-refractivity contribution in [2.75, 3.05) is 44.5 Å². The lowest BCUT2D eigenvalue weighted by Crippen LogP contribution is -2.54. The molecule has 3 heterocycles. The number of hydrogen-bond donors (Lipinski definition) is 1. The van der Waals surface area contributed by atoms with Crippen LogP contribution in [0.3, 0.4) is 0 Å². The highest BCUT2D eigenvalue weighted by molar-refractivity contribution is 7.90. The predicted octanol–water partition coefficient (Wildman–Crippen LogP) is 2.79. The molecule has 0 saturated carbocycles. The molecule has 0 bridgehead atoms. The SMILES string of the molecule is COC[C@H]1CCCN1C(=O)CC1CCN(c2ccc(S(C)(=O)=O)cn2)CC1NC(=O)c1cccc(Cl)c1. The molecule has 2 aliphatic heterocycles. The van der Waals surface area contributed by atoms with Crippen molar-refractivity contribution in [1.82, 2.24) is 15.2 Å². The monoisotopic (exact) mass is 548 g/mol. The number of piperidine rings is 1. The topological polar surface area (TPSA) is 109 Å². The molecule has 9 nitrogen and oxygen atoms in total. The maximum Gasteiger partial charge on any atom is 0.251 e. The molecular formula is C26H33ClN4O5S. The summed E-state index contributed by atoms with van der Waals surface area (Å²) >= 11 is 6.09. The van der Waals surface area contributed by atoms with E-state index in [4.69, 9.17) is 16.3 Å². The number of methoxy groups -OCH3 is 1. The Morgan fingerprint density at radius 1 is 1.19 bits per heavy atom. The van der Waals surface area contributed by atoms with Crippen molar-refractivity contribution in [3.63, 3.8) is 0 Å². The smallest absolute Gasteiger partial charge is 0.251 e. The van der Waals surface area contributed by atoms with Crippen molar-refractivity contribution in [2.24, 2.45) is 5.92 Å². The Hall–Kier alpha value is -2.69. The Balaban J connectivity index is 1.52. The zero-order chi connectivity index (χ0) is 26.6. The maximum atomic E-state index is 13.3. The molecule has 200 valence electrons. The number of amides is 2. The number of ether oxygens (including phenoxy) is 1. The number of nitrogens with one attached hydrogen (secondary N) is 1. The van der Waals surface area contributed by atoms with Crippen LogP contribution in [0.25, 0.3) is 0 Å². The van der Waals surface area contributed by atoms with Gasteiger partial charge in [-0.15, -0.1) is 0 Å². The molecule has 0 radical (unpaired) electrons. The largest absolute Gasteiger partial charge is 0.383 e. The molecular weight excluding hydrogens is 516 g/mol. The van der Waals surface area contributed by atoms with E-state index in [2.05, 4.69) is 10.3 Å². The van der Waals surface area contributed by atoms with Crippen LogP contribution in [-0.2, 0) is 19.4 Å². The van der Waals surface area contributed by atoms with Crippen molar-refractivity contribution in [3.8, 4) is 0 Å². The first kappa shape index (κ1) is 27.3. The van der Waals surface area contributed by atoms with E-state index in [1.807, 2.05) is 9.80 Å². The first-order chi connectivity index (χ1) is 17.7. The van der Waals surface area contributed by atoms with Crippen LogP contribution in [0.5, 0.6) is 0 Å². The second kappa shape index (κ2) is 11.8.